The first-order valence-electron chi connectivity index (χ1n) is 6.15. The summed E-state index contributed by atoms with van der Waals surface area (Å²) in [5.41, 5.74) is 1.83. The van der Waals surface area contributed by atoms with Crippen LogP contribution >= 0.6 is 0 Å². The van der Waals surface area contributed by atoms with E-state index >= 15 is 0 Å². The number of hydrogen-bond donors (Lipinski definition) is 0. The fraction of sp³-hybridized carbons (Fsp3) is 0.500. The number of rotatable bonds is 6. The maximum Gasteiger partial charge on any atom is 0.253 e. The van der Waals surface area contributed by atoms with Crippen molar-refractivity contribution in [2.75, 3.05) is 45.8 Å². The molecule has 0 aliphatic rings. The highest BCUT2D eigenvalue weighted by Crippen LogP contribution is 2.14. The van der Waals surface area contributed by atoms with Crippen LogP contribution < -0.4 is 4.90 Å². The summed E-state index contributed by atoms with van der Waals surface area (Å²) in [7, 11) is 5.45. The molecule has 0 saturated heterocycles. The standard InChI is InChI=1S/C14H22N2O2/c1-5-15(2)13-8-6-12(7-9-13)14(17)16(3)10-11-18-4/h6-9H,5,10-11H2,1-4H3. The van der Waals surface area contributed by atoms with Gasteiger partial charge in [0.05, 0.1) is 6.61 Å². The topological polar surface area (TPSA) is 32.8 Å². The summed E-state index contributed by atoms with van der Waals surface area (Å²) in [6, 6.07) is 7.68. The first-order chi connectivity index (χ1) is 8.60. The van der Waals surface area contributed by atoms with E-state index in [-0.39, 0.29) is 5.91 Å². The minimum Gasteiger partial charge on any atom is -0.383 e. The summed E-state index contributed by atoms with van der Waals surface area (Å²) >= 11 is 0. The monoisotopic (exact) mass is 250 g/mol. The van der Waals surface area contributed by atoms with E-state index in [9.17, 15) is 4.79 Å². The molecule has 0 fully saturated rings. The number of carbonyl (C=O) groups excluding carboxylic acids is 1. The van der Waals surface area contributed by atoms with Crippen LogP contribution in [-0.2, 0) is 4.74 Å². The highest BCUT2D eigenvalue weighted by molar-refractivity contribution is 5.94. The zero-order valence-corrected chi connectivity index (χ0v) is 11.6. The summed E-state index contributed by atoms with van der Waals surface area (Å²) in [6.07, 6.45) is 0. The van der Waals surface area contributed by atoms with Crippen molar-refractivity contribution in [3.05, 3.63) is 29.8 Å². The van der Waals surface area contributed by atoms with E-state index in [1.165, 1.54) is 0 Å². The lowest BCUT2D eigenvalue weighted by atomic mass is 10.1. The number of anilines is 1. The molecule has 0 spiro atoms. The fourth-order valence-electron chi connectivity index (χ4n) is 1.59. The van der Waals surface area contributed by atoms with Crippen molar-refractivity contribution < 1.29 is 9.53 Å². The summed E-state index contributed by atoms with van der Waals surface area (Å²) in [5.74, 6) is 0.0257. The SMILES string of the molecule is CCN(C)c1ccc(C(=O)N(C)CCOC)cc1. The third-order valence-electron chi connectivity index (χ3n) is 3.01. The molecule has 0 heterocycles. The maximum absolute atomic E-state index is 12.1. The summed E-state index contributed by atoms with van der Waals surface area (Å²) < 4.78 is 4.96. The molecule has 0 radical (unpaired) electrons. The summed E-state index contributed by atoms with van der Waals surface area (Å²) in [4.78, 5) is 15.9. The molecule has 0 saturated carbocycles. The minimum atomic E-state index is 0.0257. The number of carbonyl (C=O) groups is 1. The highest BCUT2D eigenvalue weighted by atomic mass is 16.5. The molecule has 18 heavy (non-hydrogen) atoms. The molecule has 0 aromatic heterocycles. The molecule has 0 aliphatic heterocycles. The molecule has 1 aromatic carbocycles. The first-order valence-corrected chi connectivity index (χ1v) is 6.15. The van der Waals surface area contributed by atoms with Crippen LogP contribution in [0.5, 0.6) is 0 Å². The van der Waals surface area contributed by atoms with Crippen LogP contribution in [0.2, 0.25) is 0 Å². The molecule has 4 heteroatoms. The van der Waals surface area contributed by atoms with Crippen molar-refractivity contribution in [2.45, 2.75) is 6.92 Å². The lowest BCUT2D eigenvalue weighted by Crippen LogP contribution is -2.29. The van der Waals surface area contributed by atoms with E-state index < -0.39 is 0 Å². The second-order valence-electron chi connectivity index (χ2n) is 4.28. The molecular weight excluding hydrogens is 228 g/mol. The molecule has 0 unspecified atom stereocenters. The van der Waals surface area contributed by atoms with Crippen LogP contribution in [-0.4, -0.2) is 51.7 Å². The maximum atomic E-state index is 12.1. The fourth-order valence-corrected chi connectivity index (χ4v) is 1.59. The Bertz CT molecular complexity index is 376. The lowest BCUT2D eigenvalue weighted by Gasteiger charge is -2.19. The van der Waals surface area contributed by atoms with Crippen LogP contribution in [0.25, 0.3) is 0 Å². The Morgan fingerprint density at radius 1 is 1.22 bits per heavy atom. The third-order valence-corrected chi connectivity index (χ3v) is 3.01. The molecular formula is C14H22N2O2. The second kappa shape index (κ2) is 7.01. The molecule has 0 atom stereocenters. The van der Waals surface area contributed by atoms with Gasteiger partial charge in [0.25, 0.3) is 5.91 Å². The summed E-state index contributed by atoms with van der Waals surface area (Å²) in [6.45, 7) is 4.20. The van der Waals surface area contributed by atoms with Crippen molar-refractivity contribution in [2.24, 2.45) is 0 Å². The Hall–Kier alpha value is -1.55. The van der Waals surface area contributed by atoms with Crippen LogP contribution in [0, 0.1) is 0 Å². The first kappa shape index (κ1) is 14.5. The number of likely N-dealkylation sites (N-methyl/N-ethyl adjacent to an activating group) is 1. The molecule has 100 valence electrons. The van der Waals surface area contributed by atoms with Crippen molar-refractivity contribution >= 4 is 11.6 Å². The Balaban J connectivity index is 2.69. The van der Waals surface area contributed by atoms with Crippen LogP contribution in [0.3, 0.4) is 0 Å². The quantitative estimate of drug-likeness (QED) is 0.772. The van der Waals surface area contributed by atoms with Crippen LogP contribution in [0.1, 0.15) is 17.3 Å². The van der Waals surface area contributed by atoms with E-state index in [4.69, 9.17) is 4.74 Å². The van der Waals surface area contributed by atoms with E-state index in [1.807, 2.05) is 31.3 Å². The van der Waals surface area contributed by atoms with Crippen LogP contribution in [0.15, 0.2) is 24.3 Å². The zero-order valence-electron chi connectivity index (χ0n) is 11.6. The van der Waals surface area contributed by atoms with E-state index in [2.05, 4.69) is 11.8 Å². The van der Waals surface area contributed by atoms with Crippen molar-refractivity contribution in [3.8, 4) is 0 Å². The Morgan fingerprint density at radius 2 is 1.83 bits per heavy atom. The van der Waals surface area contributed by atoms with E-state index in [0.29, 0.717) is 18.7 Å². The van der Waals surface area contributed by atoms with Gasteiger partial charge in [0.2, 0.25) is 0 Å². The normalized spacial score (nSPS) is 10.2. The molecule has 1 amide bonds. The lowest BCUT2D eigenvalue weighted by molar-refractivity contribution is 0.0744. The largest absolute Gasteiger partial charge is 0.383 e. The van der Waals surface area contributed by atoms with Crippen molar-refractivity contribution in [3.63, 3.8) is 0 Å². The van der Waals surface area contributed by atoms with Gasteiger partial charge in [-0.2, -0.15) is 0 Å². The van der Waals surface area contributed by atoms with Gasteiger partial charge in [-0.3, -0.25) is 4.79 Å². The summed E-state index contributed by atoms with van der Waals surface area (Å²) in [5, 5.41) is 0. The van der Waals surface area contributed by atoms with Gasteiger partial charge in [-0.1, -0.05) is 0 Å². The second-order valence-corrected chi connectivity index (χ2v) is 4.28. The molecule has 1 rings (SSSR count). The number of benzene rings is 1. The molecule has 4 nitrogen and oxygen atoms in total. The zero-order chi connectivity index (χ0) is 13.5. The Labute approximate surface area is 109 Å². The van der Waals surface area contributed by atoms with Crippen molar-refractivity contribution in [1.29, 1.82) is 0 Å². The van der Waals surface area contributed by atoms with Crippen molar-refractivity contribution in [1.82, 2.24) is 4.90 Å². The van der Waals surface area contributed by atoms with Gasteiger partial charge in [-0.15, -0.1) is 0 Å². The molecule has 0 aliphatic carbocycles. The van der Waals surface area contributed by atoms with Gasteiger partial charge in [0, 0.05) is 45.5 Å². The van der Waals surface area contributed by atoms with Gasteiger partial charge >= 0.3 is 0 Å². The number of hydrogen-bond acceptors (Lipinski definition) is 3. The van der Waals surface area contributed by atoms with Gasteiger partial charge < -0.3 is 14.5 Å². The molecule has 1 aromatic rings. The number of ether oxygens (including phenoxy) is 1. The number of amides is 1. The average molecular weight is 250 g/mol. The van der Waals surface area contributed by atoms with Gasteiger partial charge in [-0.05, 0) is 31.2 Å². The predicted octanol–water partition coefficient (Wildman–Crippen LogP) is 1.86. The average Bonchev–Trinajstić information content (AvgIpc) is 2.43. The third kappa shape index (κ3) is 3.74. The highest BCUT2D eigenvalue weighted by Gasteiger charge is 2.11. The molecule has 0 bridgehead atoms. The van der Waals surface area contributed by atoms with Gasteiger partial charge in [-0.25, -0.2) is 0 Å². The van der Waals surface area contributed by atoms with Gasteiger partial charge in [0.1, 0.15) is 0 Å². The number of nitrogens with zero attached hydrogens (tertiary/aromatic N) is 2. The van der Waals surface area contributed by atoms with E-state index in [0.717, 1.165) is 12.2 Å². The smallest absolute Gasteiger partial charge is 0.253 e. The predicted molar refractivity (Wildman–Crippen MR) is 74.2 cm³/mol. The van der Waals surface area contributed by atoms with Crippen LogP contribution in [0.4, 0.5) is 5.69 Å². The Morgan fingerprint density at radius 3 is 2.33 bits per heavy atom. The Kier molecular flexibility index (Phi) is 5.65. The van der Waals surface area contributed by atoms with Gasteiger partial charge in [0.15, 0.2) is 0 Å². The minimum absolute atomic E-state index is 0.0257. The number of methoxy groups -OCH3 is 1. The molecule has 0 N–H and O–H groups in total. The van der Waals surface area contributed by atoms with E-state index in [1.54, 1.807) is 19.1 Å².